The molecule has 0 radical (unpaired) electrons. The molecule has 0 spiro atoms. The first kappa shape index (κ1) is 21.6. The van der Waals surface area contributed by atoms with Crippen molar-refractivity contribution in [2.75, 3.05) is 0 Å². The average molecular weight is 556 g/mol. The number of hydrogen-bond donors (Lipinski definition) is 0. The number of hydrogen-bond acceptors (Lipinski definition) is 3. The summed E-state index contributed by atoms with van der Waals surface area (Å²) in [4.78, 5) is 31.0. The van der Waals surface area contributed by atoms with Gasteiger partial charge in [-0.1, -0.05) is 55.6 Å². The van der Waals surface area contributed by atoms with Crippen LogP contribution in [0.1, 0.15) is 31.8 Å². The monoisotopic (exact) mass is 553 g/mol. The number of nitrogens with zero attached hydrogens (tertiary/aromatic N) is 1. The van der Waals surface area contributed by atoms with E-state index in [4.69, 9.17) is 11.6 Å². The minimum Gasteiger partial charge on any atom is -0.289 e. The van der Waals surface area contributed by atoms with E-state index in [1.807, 2.05) is 0 Å². The summed E-state index contributed by atoms with van der Waals surface area (Å²) in [6.07, 6.45) is 3.01. The number of pyridine rings is 1. The predicted molar refractivity (Wildman–Crippen MR) is 130 cm³/mol. The van der Waals surface area contributed by atoms with E-state index in [-0.39, 0.29) is 11.6 Å². The van der Waals surface area contributed by atoms with Gasteiger partial charge in [0.1, 0.15) is 0 Å². The average Bonchev–Trinajstić information content (AvgIpc) is 2.79. The summed E-state index contributed by atoms with van der Waals surface area (Å²) < 4.78 is 1.75. The molecule has 152 valence electrons. The van der Waals surface area contributed by atoms with Gasteiger partial charge in [0.25, 0.3) is 0 Å². The van der Waals surface area contributed by atoms with Crippen LogP contribution in [0, 0.1) is 0 Å². The SMILES string of the molecule is O=C(c1ccc(Br)cc1)c1cncc(C(=O)c2ccc(Br)cc2)c1-c1ccc(Cl)cc1. The van der Waals surface area contributed by atoms with Gasteiger partial charge in [-0.2, -0.15) is 0 Å². The smallest absolute Gasteiger partial charge is 0.195 e. The van der Waals surface area contributed by atoms with E-state index in [2.05, 4.69) is 36.8 Å². The van der Waals surface area contributed by atoms with Crippen LogP contribution in [0.25, 0.3) is 11.1 Å². The van der Waals surface area contributed by atoms with Crippen LogP contribution < -0.4 is 0 Å². The lowest BCUT2D eigenvalue weighted by molar-refractivity contribution is 0.103. The van der Waals surface area contributed by atoms with Gasteiger partial charge in [-0.3, -0.25) is 14.6 Å². The van der Waals surface area contributed by atoms with Crippen LogP contribution >= 0.6 is 43.5 Å². The molecule has 0 unspecified atom stereocenters. The van der Waals surface area contributed by atoms with Crippen LogP contribution in [-0.4, -0.2) is 16.6 Å². The number of rotatable bonds is 5. The number of carbonyl (C=O) groups excluding carboxylic acids is 2. The van der Waals surface area contributed by atoms with Gasteiger partial charge in [0.15, 0.2) is 11.6 Å². The number of aromatic nitrogens is 1. The van der Waals surface area contributed by atoms with Gasteiger partial charge >= 0.3 is 0 Å². The first-order valence-corrected chi connectivity index (χ1v) is 11.2. The second-order valence-electron chi connectivity index (χ2n) is 6.79. The predicted octanol–water partition coefficient (Wildman–Crippen LogP) is 7.39. The van der Waals surface area contributed by atoms with E-state index >= 15 is 0 Å². The Morgan fingerprint density at radius 3 is 1.48 bits per heavy atom. The molecule has 0 saturated heterocycles. The Labute approximate surface area is 201 Å². The van der Waals surface area contributed by atoms with Crippen molar-refractivity contribution in [1.29, 1.82) is 0 Å². The normalized spacial score (nSPS) is 10.7. The topological polar surface area (TPSA) is 47.0 Å². The molecule has 4 rings (SSSR count). The highest BCUT2D eigenvalue weighted by molar-refractivity contribution is 9.10. The molecule has 0 atom stereocenters. The third kappa shape index (κ3) is 4.69. The van der Waals surface area contributed by atoms with Crippen LogP contribution in [0.3, 0.4) is 0 Å². The third-order valence-corrected chi connectivity index (χ3v) is 6.09. The summed E-state index contributed by atoms with van der Waals surface area (Å²) in [6, 6.07) is 21.2. The maximum absolute atomic E-state index is 13.4. The van der Waals surface area contributed by atoms with Crippen molar-refractivity contribution in [3.8, 4) is 11.1 Å². The highest BCUT2D eigenvalue weighted by atomic mass is 79.9. The zero-order chi connectivity index (χ0) is 22.0. The van der Waals surface area contributed by atoms with Gasteiger partial charge in [0, 0.05) is 54.2 Å². The van der Waals surface area contributed by atoms with Crippen LogP contribution in [0.4, 0.5) is 0 Å². The Morgan fingerprint density at radius 2 is 1.06 bits per heavy atom. The molecule has 0 aliphatic carbocycles. The van der Waals surface area contributed by atoms with Crippen molar-refractivity contribution in [3.63, 3.8) is 0 Å². The third-order valence-electron chi connectivity index (χ3n) is 4.78. The highest BCUT2D eigenvalue weighted by Crippen LogP contribution is 2.32. The van der Waals surface area contributed by atoms with Crippen molar-refractivity contribution < 1.29 is 9.59 Å². The second-order valence-corrected chi connectivity index (χ2v) is 9.06. The molecule has 3 nitrogen and oxygen atoms in total. The second kappa shape index (κ2) is 9.27. The largest absolute Gasteiger partial charge is 0.289 e. The molecular formula is C25H14Br2ClNO2. The van der Waals surface area contributed by atoms with Gasteiger partial charge in [0.05, 0.1) is 0 Å². The molecule has 0 aliphatic rings. The molecule has 1 heterocycles. The summed E-state index contributed by atoms with van der Waals surface area (Å²) in [6.45, 7) is 0. The quantitative estimate of drug-likeness (QED) is 0.241. The van der Waals surface area contributed by atoms with Crippen LogP contribution in [0.15, 0.2) is 94.1 Å². The maximum atomic E-state index is 13.4. The summed E-state index contributed by atoms with van der Waals surface area (Å²) >= 11 is 12.8. The van der Waals surface area contributed by atoms with Crippen molar-refractivity contribution in [1.82, 2.24) is 4.98 Å². The Morgan fingerprint density at radius 1 is 0.645 bits per heavy atom. The lowest BCUT2D eigenvalue weighted by Crippen LogP contribution is -2.11. The zero-order valence-electron chi connectivity index (χ0n) is 16.0. The number of benzene rings is 3. The Kier molecular flexibility index (Phi) is 6.46. The van der Waals surface area contributed by atoms with E-state index in [0.717, 1.165) is 8.95 Å². The minimum absolute atomic E-state index is 0.213. The number of carbonyl (C=O) groups is 2. The Bertz CT molecular complexity index is 1190. The number of halogens is 3. The van der Waals surface area contributed by atoms with Crippen molar-refractivity contribution >= 4 is 55.0 Å². The van der Waals surface area contributed by atoms with Crippen LogP contribution in [0.5, 0.6) is 0 Å². The fraction of sp³-hybridized carbons (Fsp3) is 0. The maximum Gasteiger partial charge on any atom is 0.195 e. The standard InChI is InChI=1S/C25H14Br2ClNO2/c26-18-7-1-16(2-8-18)24(30)21-13-29-14-22(23(21)15-5-11-20(28)12-6-15)25(31)17-3-9-19(27)10-4-17/h1-14H. The fourth-order valence-corrected chi connectivity index (χ4v) is 3.90. The van der Waals surface area contributed by atoms with Gasteiger partial charge in [-0.15, -0.1) is 0 Å². The van der Waals surface area contributed by atoms with Crippen LogP contribution in [0.2, 0.25) is 5.02 Å². The van der Waals surface area contributed by atoms with Gasteiger partial charge in [-0.05, 0) is 66.2 Å². The molecule has 0 N–H and O–H groups in total. The van der Waals surface area contributed by atoms with Crippen molar-refractivity contribution in [2.45, 2.75) is 0 Å². The van der Waals surface area contributed by atoms with Gasteiger partial charge < -0.3 is 0 Å². The summed E-state index contributed by atoms with van der Waals surface area (Å²) in [5.41, 5.74) is 2.97. The molecule has 4 aromatic rings. The fourth-order valence-electron chi connectivity index (χ4n) is 3.25. The lowest BCUT2D eigenvalue weighted by Gasteiger charge is -2.14. The molecule has 0 saturated carbocycles. The van der Waals surface area contributed by atoms with E-state index in [1.54, 1.807) is 72.8 Å². The summed E-state index contributed by atoms with van der Waals surface area (Å²) in [7, 11) is 0. The highest BCUT2D eigenvalue weighted by Gasteiger charge is 2.23. The Hall–Kier alpha value is -2.60. The summed E-state index contributed by atoms with van der Waals surface area (Å²) in [5.74, 6) is -0.425. The summed E-state index contributed by atoms with van der Waals surface area (Å²) in [5, 5.41) is 0.569. The molecule has 0 amide bonds. The van der Waals surface area contributed by atoms with Gasteiger partial charge in [0.2, 0.25) is 0 Å². The Balaban J connectivity index is 1.91. The van der Waals surface area contributed by atoms with E-state index in [9.17, 15) is 9.59 Å². The molecule has 0 bridgehead atoms. The van der Waals surface area contributed by atoms with E-state index in [0.29, 0.717) is 38.4 Å². The van der Waals surface area contributed by atoms with E-state index < -0.39 is 0 Å². The number of ketones is 2. The molecule has 1 aromatic heterocycles. The molecular weight excluding hydrogens is 542 g/mol. The molecule has 3 aromatic carbocycles. The molecule has 0 aliphatic heterocycles. The minimum atomic E-state index is -0.213. The molecule has 0 fully saturated rings. The first-order chi connectivity index (χ1) is 14.9. The van der Waals surface area contributed by atoms with Crippen LogP contribution in [-0.2, 0) is 0 Å². The van der Waals surface area contributed by atoms with Gasteiger partial charge in [-0.25, -0.2) is 0 Å². The first-order valence-electron chi connectivity index (χ1n) is 9.28. The van der Waals surface area contributed by atoms with Crippen molar-refractivity contribution in [3.05, 3.63) is 121 Å². The zero-order valence-corrected chi connectivity index (χ0v) is 19.9. The van der Waals surface area contributed by atoms with E-state index in [1.165, 1.54) is 12.4 Å². The molecule has 31 heavy (non-hydrogen) atoms. The van der Waals surface area contributed by atoms with Crippen molar-refractivity contribution in [2.24, 2.45) is 0 Å². The lowest BCUT2D eigenvalue weighted by atomic mass is 9.89. The molecule has 6 heteroatoms.